The lowest BCUT2D eigenvalue weighted by atomic mass is 10.2. The molecule has 4 nitrogen and oxygen atoms in total. The largest absolute Gasteiger partial charge is 0.485 e. The molecule has 2 heterocycles. The van der Waals surface area contributed by atoms with Crippen molar-refractivity contribution < 1.29 is 9.47 Å². The first-order valence-electron chi connectivity index (χ1n) is 6.64. The second-order valence-electron chi connectivity index (χ2n) is 5.04. The first kappa shape index (κ1) is 11.8. The molecule has 18 heavy (non-hydrogen) atoms. The Labute approximate surface area is 108 Å². The molecule has 2 unspecified atom stereocenters. The Kier molecular flexibility index (Phi) is 3.39. The van der Waals surface area contributed by atoms with Gasteiger partial charge < -0.3 is 14.8 Å². The zero-order valence-electron chi connectivity index (χ0n) is 10.8. The van der Waals surface area contributed by atoms with Crippen molar-refractivity contribution in [3.8, 4) is 5.75 Å². The zero-order valence-corrected chi connectivity index (χ0v) is 10.8. The number of ether oxygens (including phenoxy) is 2. The molecule has 0 radical (unpaired) electrons. The summed E-state index contributed by atoms with van der Waals surface area (Å²) < 4.78 is 11.5. The minimum atomic E-state index is 0.223. The number of para-hydroxylation sites is 2. The van der Waals surface area contributed by atoms with Gasteiger partial charge in [0.05, 0.1) is 25.4 Å². The van der Waals surface area contributed by atoms with Crippen LogP contribution < -0.4 is 10.1 Å². The lowest BCUT2D eigenvalue weighted by Gasteiger charge is -2.37. The number of fused-ring (bicyclic) bond motifs is 1. The first-order chi connectivity index (χ1) is 8.83. The maximum Gasteiger partial charge on any atom is 0.142 e. The van der Waals surface area contributed by atoms with Crippen LogP contribution in [0.4, 0.5) is 5.69 Å². The number of morpholine rings is 1. The minimum absolute atomic E-state index is 0.223. The van der Waals surface area contributed by atoms with E-state index in [1.54, 1.807) is 0 Å². The third-order valence-corrected chi connectivity index (χ3v) is 3.64. The van der Waals surface area contributed by atoms with Gasteiger partial charge in [-0.05, 0) is 19.1 Å². The molecule has 0 amide bonds. The summed E-state index contributed by atoms with van der Waals surface area (Å²) in [7, 11) is 0. The maximum atomic E-state index is 6.04. The standard InChI is InChI=1S/C14H20N2O2/c1-11-10-17-7-6-16(11)9-12-8-15-13-4-2-3-5-14(13)18-12/h2-5,11-12,15H,6-10H2,1H3. The number of hydrogen-bond acceptors (Lipinski definition) is 4. The van der Waals surface area contributed by atoms with E-state index >= 15 is 0 Å². The van der Waals surface area contributed by atoms with Gasteiger partial charge in [-0.2, -0.15) is 0 Å². The van der Waals surface area contributed by atoms with E-state index in [1.165, 1.54) is 0 Å². The van der Waals surface area contributed by atoms with Crippen molar-refractivity contribution in [2.45, 2.75) is 19.1 Å². The van der Waals surface area contributed by atoms with Crippen molar-refractivity contribution in [2.75, 3.05) is 38.2 Å². The van der Waals surface area contributed by atoms with Crippen LogP contribution in [0.1, 0.15) is 6.92 Å². The molecule has 1 N–H and O–H groups in total. The van der Waals surface area contributed by atoms with Crippen LogP contribution in [-0.4, -0.2) is 49.9 Å². The van der Waals surface area contributed by atoms with E-state index in [1.807, 2.05) is 18.2 Å². The molecule has 0 spiro atoms. The summed E-state index contributed by atoms with van der Waals surface area (Å²) in [5.41, 5.74) is 1.10. The highest BCUT2D eigenvalue weighted by atomic mass is 16.5. The fourth-order valence-corrected chi connectivity index (χ4v) is 2.56. The molecule has 1 fully saturated rings. The van der Waals surface area contributed by atoms with Gasteiger partial charge in [0.2, 0.25) is 0 Å². The molecule has 3 rings (SSSR count). The number of anilines is 1. The molecule has 0 bridgehead atoms. The van der Waals surface area contributed by atoms with E-state index in [9.17, 15) is 0 Å². The van der Waals surface area contributed by atoms with Crippen LogP contribution >= 0.6 is 0 Å². The Morgan fingerprint density at radius 3 is 3.17 bits per heavy atom. The van der Waals surface area contributed by atoms with Crippen molar-refractivity contribution in [1.29, 1.82) is 0 Å². The highest BCUT2D eigenvalue weighted by Gasteiger charge is 2.25. The van der Waals surface area contributed by atoms with Crippen LogP contribution in [0.25, 0.3) is 0 Å². The van der Waals surface area contributed by atoms with Gasteiger partial charge in [-0.25, -0.2) is 0 Å². The van der Waals surface area contributed by atoms with E-state index in [2.05, 4.69) is 23.2 Å². The Bertz CT molecular complexity index is 411. The average Bonchev–Trinajstić information content (AvgIpc) is 2.41. The summed E-state index contributed by atoms with van der Waals surface area (Å²) in [6.07, 6.45) is 0.223. The number of hydrogen-bond donors (Lipinski definition) is 1. The monoisotopic (exact) mass is 248 g/mol. The SMILES string of the molecule is CC1COCCN1CC1CNc2ccccc2O1. The van der Waals surface area contributed by atoms with Crippen LogP contribution in [0.3, 0.4) is 0 Å². The van der Waals surface area contributed by atoms with Crippen LogP contribution in [0.2, 0.25) is 0 Å². The van der Waals surface area contributed by atoms with Gasteiger partial charge in [-0.3, -0.25) is 4.90 Å². The van der Waals surface area contributed by atoms with Gasteiger partial charge in [-0.15, -0.1) is 0 Å². The topological polar surface area (TPSA) is 33.7 Å². The Hall–Kier alpha value is -1.26. The zero-order chi connectivity index (χ0) is 12.4. The van der Waals surface area contributed by atoms with E-state index in [0.29, 0.717) is 6.04 Å². The highest BCUT2D eigenvalue weighted by molar-refractivity contribution is 5.57. The summed E-state index contributed by atoms with van der Waals surface area (Å²) in [6.45, 7) is 6.72. The van der Waals surface area contributed by atoms with Gasteiger partial charge in [0.25, 0.3) is 0 Å². The van der Waals surface area contributed by atoms with Gasteiger partial charge in [0.1, 0.15) is 11.9 Å². The fourth-order valence-electron chi connectivity index (χ4n) is 2.56. The van der Waals surface area contributed by atoms with E-state index in [-0.39, 0.29) is 6.10 Å². The number of benzene rings is 1. The van der Waals surface area contributed by atoms with Crippen molar-refractivity contribution in [2.24, 2.45) is 0 Å². The quantitative estimate of drug-likeness (QED) is 0.861. The van der Waals surface area contributed by atoms with E-state index in [4.69, 9.17) is 9.47 Å². The first-order valence-corrected chi connectivity index (χ1v) is 6.64. The maximum absolute atomic E-state index is 6.04. The lowest BCUT2D eigenvalue weighted by Crippen LogP contribution is -2.50. The molecule has 2 atom stereocenters. The highest BCUT2D eigenvalue weighted by Crippen LogP contribution is 2.28. The molecule has 98 valence electrons. The molecule has 1 aromatic rings. The Morgan fingerprint density at radius 2 is 2.28 bits per heavy atom. The van der Waals surface area contributed by atoms with E-state index in [0.717, 1.165) is 44.3 Å². The third kappa shape index (κ3) is 2.44. The Balaban J connectivity index is 1.62. The predicted molar refractivity (Wildman–Crippen MR) is 71.2 cm³/mol. The number of nitrogens with zero attached hydrogens (tertiary/aromatic N) is 1. The molecule has 0 aliphatic carbocycles. The average molecular weight is 248 g/mol. The number of rotatable bonds is 2. The van der Waals surface area contributed by atoms with Crippen LogP contribution in [0.15, 0.2) is 24.3 Å². The molecule has 0 aromatic heterocycles. The van der Waals surface area contributed by atoms with Crippen molar-refractivity contribution in [3.63, 3.8) is 0 Å². The predicted octanol–water partition coefficient (Wildman–Crippen LogP) is 1.58. The second kappa shape index (κ2) is 5.16. The summed E-state index contributed by atoms with van der Waals surface area (Å²) in [5.74, 6) is 0.967. The minimum Gasteiger partial charge on any atom is -0.485 e. The van der Waals surface area contributed by atoms with Gasteiger partial charge >= 0.3 is 0 Å². The van der Waals surface area contributed by atoms with Crippen molar-refractivity contribution in [1.82, 2.24) is 4.90 Å². The Morgan fingerprint density at radius 1 is 1.39 bits per heavy atom. The number of nitrogens with one attached hydrogen (secondary N) is 1. The summed E-state index contributed by atoms with van der Waals surface area (Å²) in [4.78, 5) is 2.45. The normalized spacial score (nSPS) is 28.1. The summed E-state index contributed by atoms with van der Waals surface area (Å²) >= 11 is 0. The van der Waals surface area contributed by atoms with Gasteiger partial charge in [0, 0.05) is 19.1 Å². The molecular formula is C14H20N2O2. The van der Waals surface area contributed by atoms with Crippen molar-refractivity contribution >= 4 is 5.69 Å². The lowest BCUT2D eigenvalue weighted by molar-refractivity contribution is -0.0153. The molecule has 1 aromatic carbocycles. The van der Waals surface area contributed by atoms with Crippen LogP contribution in [-0.2, 0) is 4.74 Å². The van der Waals surface area contributed by atoms with Gasteiger partial charge in [-0.1, -0.05) is 12.1 Å². The molecule has 2 aliphatic rings. The smallest absolute Gasteiger partial charge is 0.142 e. The summed E-state index contributed by atoms with van der Waals surface area (Å²) in [6, 6.07) is 8.61. The molecule has 2 aliphatic heterocycles. The molecule has 4 heteroatoms. The molecule has 1 saturated heterocycles. The molecular weight excluding hydrogens is 228 g/mol. The van der Waals surface area contributed by atoms with Crippen LogP contribution in [0, 0.1) is 0 Å². The van der Waals surface area contributed by atoms with E-state index < -0.39 is 0 Å². The fraction of sp³-hybridized carbons (Fsp3) is 0.571. The third-order valence-electron chi connectivity index (χ3n) is 3.64. The molecule has 0 saturated carbocycles. The second-order valence-corrected chi connectivity index (χ2v) is 5.04. The van der Waals surface area contributed by atoms with Crippen LogP contribution in [0.5, 0.6) is 5.75 Å². The van der Waals surface area contributed by atoms with Gasteiger partial charge in [0.15, 0.2) is 0 Å². The summed E-state index contributed by atoms with van der Waals surface area (Å²) in [5, 5.41) is 3.43. The van der Waals surface area contributed by atoms with Crippen molar-refractivity contribution in [3.05, 3.63) is 24.3 Å².